The van der Waals surface area contributed by atoms with Crippen LogP contribution in [-0.2, 0) is 9.47 Å². The molecule has 2 aliphatic rings. The second kappa shape index (κ2) is 7.83. The zero-order valence-electron chi connectivity index (χ0n) is 17.9. The average Bonchev–Trinajstić information content (AvgIpc) is 3.12. The molecule has 4 nitrogen and oxygen atoms in total. The van der Waals surface area contributed by atoms with Gasteiger partial charge < -0.3 is 14.4 Å². The summed E-state index contributed by atoms with van der Waals surface area (Å²) in [7, 11) is 0. The molecule has 0 saturated carbocycles. The molecule has 0 radical (unpaired) electrons. The molecule has 2 aliphatic heterocycles. The maximum atomic E-state index is 12.4. The second-order valence-corrected chi connectivity index (χ2v) is 9.25. The van der Waals surface area contributed by atoms with E-state index in [1.165, 1.54) is 27.8 Å². The first kappa shape index (κ1) is 20.2. The number of ether oxygens (including phenoxy) is 2. The molecule has 1 aromatic rings. The maximum Gasteiger partial charge on any atom is 0.410 e. The molecule has 1 aromatic carbocycles. The van der Waals surface area contributed by atoms with Crippen LogP contribution in [0.15, 0.2) is 6.07 Å². The van der Waals surface area contributed by atoms with E-state index in [-0.39, 0.29) is 6.09 Å². The number of nitrogens with zero attached hydrogens (tertiary/aromatic N) is 1. The van der Waals surface area contributed by atoms with Gasteiger partial charge in [0.15, 0.2) is 0 Å². The van der Waals surface area contributed by atoms with Gasteiger partial charge in [0.1, 0.15) is 5.60 Å². The smallest absolute Gasteiger partial charge is 0.410 e. The van der Waals surface area contributed by atoms with E-state index < -0.39 is 5.60 Å². The second-order valence-electron chi connectivity index (χ2n) is 9.25. The van der Waals surface area contributed by atoms with Crippen LogP contribution in [0.4, 0.5) is 4.79 Å². The lowest BCUT2D eigenvalue weighted by atomic mass is 9.78. The summed E-state index contributed by atoms with van der Waals surface area (Å²) in [5.41, 5.74) is 6.80. The van der Waals surface area contributed by atoms with Crippen LogP contribution in [0.1, 0.15) is 79.7 Å². The highest BCUT2D eigenvalue weighted by molar-refractivity contribution is 5.68. The Bertz CT molecular complexity index is 691. The average molecular weight is 374 g/mol. The summed E-state index contributed by atoms with van der Waals surface area (Å²) in [6.07, 6.45) is 2.94. The quantitative estimate of drug-likeness (QED) is 0.712. The molecule has 4 heteroatoms. The number of likely N-dealkylation sites (tertiary alicyclic amines) is 1. The van der Waals surface area contributed by atoms with Gasteiger partial charge >= 0.3 is 6.09 Å². The first-order chi connectivity index (χ1) is 12.7. The van der Waals surface area contributed by atoms with Crippen molar-refractivity contribution in [2.45, 2.75) is 78.2 Å². The zero-order valence-corrected chi connectivity index (χ0v) is 17.9. The van der Waals surface area contributed by atoms with Crippen molar-refractivity contribution in [2.24, 2.45) is 0 Å². The molecule has 3 rings (SSSR count). The van der Waals surface area contributed by atoms with Crippen LogP contribution in [0, 0.1) is 20.8 Å². The third-order valence-electron chi connectivity index (χ3n) is 6.17. The third kappa shape index (κ3) is 4.48. The minimum atomic E-state index is -0.436. The van der Waals surface area contributed by atoms with Gasteiger partial charge in [-0.05, 0) is 94.5 Å². The number of rotatable bonds is 2. The van der Waals surface area contributed by atoms with Crippen molar-refractivity contribution in [3.8, 4) is 0 Å². The van der Waals surface area contributed by atoms with E-state index >= 15 is 0 Å². The van der Waals surface area contributed by atoms with Crippen molar-refractivity contribution in [2.75, 3.05) is 26.3 Å². The van der Waals surface area contributed by atoms with Crippen LogP contribution in [0.3, 0.4) is 0 Å². The molecule has 27 heavy (non-hydrogen) atoms. The number of aryl methyl sites for hydroxylation is 1. The zero-order chi connectivity index (χ0) is 19.8. The fourth-order valence-electron chi connectivity index (χ4n) is 4.47. The van der Waals surface area contributed by atoms with Crippen molar-refractivity contribution in [3.05, 3.63) is 33.9 Å². The lowest BCUT2D eigenvalue weighted by Crippen LogP contribution is -2.41. The molecule has 0 aliphatic carbocycles. The minimum Gasteiger partial charge on any atom is -0.444 e. The van der Waals surface area contributed by atoms with Crippen molar-refractivity contribution in [1.82, 2.24) is 4.90 Å². The Morgan fingerprint density at radius 1 is 1.07 bits per heavy atom. The first-order valence-corrected chi connectivity index (χ1v) is 10.3. The molecule has 1 unspecified atom stereocenters. The summed E-state index contributed by atoms with van der Waals surface area (Å²) in [5.74, 6) is 1.03. The molecule has 0 spiro atoms. The van der Waals surface area contributed by atoms with Crippen molar-refractivity contribution in [3.63, 3.8) is 0 Å². The van der Waals surface area contributed by atoms with E-state index in [0.29, 0.717) is 11.8 Å². The van der Waals surface area contributed by atoms with Gasteiger partial charge in [-0.3, -0.25) is 0 Å². The monoisotopic (exact) mass is 373 g/mol. The maximum absolute atomic E-state index is 12.4. The van der Waals surface area contributed by atoms with Gasteiger partial charge in [0, 0.05) is 25.6 Å². The highest BCUT2D eigenvalue weighted by Crippen LogP contribution is 2.40. The van der Waals surface area contributed by atoms with E-state index in [4.69, 9.17) is 9.47 Å². The molecule has 2 saturated heterocycles. The number of amides is 1. The number of carbonyl (C=O) groups excluding carboxylic acids is 1. The minimum absolute atomic E-state index is 0.179. The van der Waals surface area contributed by atoms with E-state index in [9.17, 15) is 4.79 Å². The summed E-state index contributed by atoms with van der Waals surface area (Å²) < 4.78 is 11.3. The summed E-state index contributed by atoms with van der Waals surface area (Å²) in [6.45, 7) is 15.7. The number of benzene rings is 1. The standard InChI is InChI=1S/C23H35NO3/c1-15-13-20(21(17(3)16(15)2)19-9-12-26-14-19)18-7-10-24(11-8-18)22(25)27-23(4,5)6/h13,18-19H,7-12,14H2,1-6H3. The number of hydrogen-bond acceptors (Lipinski definition) is 3. The molecular formula is C23H35NO3. The van der Waals surface area contributed by atoms with Crippen LogP contribution < -0.4 is 0 Å². The van der Waals surface area contributed by atoms with Gasteiger partial charge in [0.2, 0.25) is 0 Å². The molecule has 0 aromatic heterocycles. The molecule has 150 valence electrons. The van der Waals surface area contributed by atoms with E-state index in [1.54, 1.807) is 0 Å². The molecule has 0 N–H and O–H groups in total. The van der Waals surface area contributed by atoms with E-state index in [1.807, 2.05) is 25.7 Å². The first-order valence-electron chi connectivity index (χ1n) is 10.3. The SMILES string of the molecule is Cc1cc(C2CCN(C(=O)OC(C)(C)C)CC2)c(C2CCOC2)c(C)c1C. The van der Waals surface area contributed by atoms with E-state index in [0.717, 1.165) is 45.6 Å². The Labute approximate surface area is 164 Å². The highest BCUT2D eigenvalue weighted by atomic mass is 16.6. The van der Waals surface area contributed by atoms with Gasteiger partial charge in [-0.25, -0.2) is 4.79 Å². The lowest BCUT2D eigenvalue weighted by Gasteiger charge is -2.35. The number of carbonyl (C=O) groups is 1. The molecule has 0 bridgehead atoms. The molecule has 1 amide bonds. The normalized spacial score (nSPS) is 21.6. The Kier molecular flexibility index (Phi) is 5.85. The molecule has 2 fully saturated rings. The van der Waals surface area contributed by atoms with Crippen molar-refractivity contribution < 1.29 is 14.3 Å². The van der Waals surface area contributed by atoms with Crippen molar-refractivity contribution in [1.29, 1.82) is 0 Å². The van der Waals surface area contributed by atoms with Gasteiger partial charge in [-0.15, -0.1) is 0 Å². The van der Waals surface area contributed by atoms with Crippen LogP contribution in [0.25, 0.3) is 0 Å². The fraction of sp³-hybridized carbons (Fsp3) is 0.696. The summed E-state index contributed by atoms with van der Waals surface area (Å²) in [4.78, 5) is 14.2. The lowest BCUT2D eigenvalue weighted by molar-refractivity contribution is 0.0204. The molecular weight excluding hydrogens is 338 g/mol. The predicted molar refractivity (Wildman–Crippen MR) is 109 cm³/mol. The Morgan fingerprint density at radius 3 is 2.30 bits per heavy atom. The van der Waals surface area contributed by atoms with Crippen LogP contribution in [0.2, 0.25) is 0 Å². The largest absolute Gasteiger partial charge is 0.444 e. The predicted octanol–water partition coefficient (Wildman–Crippen LogP) is 5.23. The van der Waals surface area contributed by atoms with E-state index in [2.05, 4.69) is 26.8 Å². The number of hydrogen-bond donors (Lipinski definition) is 0. The number of piperidine rings is 1. The van der Waals surface area contributed by atoms with Gasteiger partial charge in [-0.1, -0.05) is 6.07 Å². The molecule has 1 atom stereocenters. The Hall–Kier alpha value is -1.55. The Balaban J connectivity index is 1.79. The summed E-state index contributed by atoms with van der Waals surface area (Å²) in [5, 5.41) is 0. The molecule has 2 heterocycles. The van der Waals surface area contributed by atoms with Gasteiger partial charge in [0.25, 0.3) is 0 Å². The van der Waals surface area contributed by atoms with Gasteiger partial charge in [0.05, 0.1) is 6.61 Å². The van der Waals surface area contributed by atoms with Crippen LogP contribution in [0.5, 0.6) is 0 Å². The topological polar surface area (TPSA) is 38.8 Å². The summed E-state index contributed by atoms with van der Waals surface area (Å²) >= 11 is 0. The third-order valence-corrected chi connectivity index (χ3v) is 6.17. The van der Waals surface area contributed by atoms with Crippen LogP contribution >= 0.6 is 0 Å². The van der Waals surface area contributed by atoms with Crippen molar-refractivity contribution >= 4 is 6.09 Å². The highest BCUT2D eigenvalue weighted by Gasteiger charge is 2.31. The Morgan fingerprint density at radius 2 is 1.74 bits per heavy atom. The van der Waals surface area contributed by atoms with Crippen LogP contribution in [-0.4, -0.2) is 42.9 Å². The fourth-order valence-corrected chi connectivity index (χ4v) is 4.47. The van der Waals surface area contributed by atoms with Gasteiger partial charge in [-0.2, -0.15) is 0 Å². The summed E-state index contributed by atoms with van der Waals surface area (Å²) in [6, 6.07) is 2.41.